The van der Waals surface area contributed by atoms with Crippen LogP contribution >= 0.6 is 11.8 Å². The van der Waals surface area contributed by atoms with Gasteiger partial charge in [0.05, 0.1) is 12.2 Å². The van der Waals surface area contributed by atoms with Gasteiger partial charge in [-0.1, -0.05) is 17.7 Å². The highest BCUT2D eigenvalue weighted by molar-refractivity contribution is 7.99. The maximum absolute atomic E-state index is 12.3. The minimum absolute atomic E-state index is 0.0683. The van der Waals surface area contributed by atoms with Crippen LogP contribution in [-0.2, 0) is 14.4 Å². The second-order valence-electron chi connectivity index (χ2n) is 6.11. The van der Waals surface area contributed by atoms with E-state index in [2.05, 4.69) is 36.7 Å². The first kappa shape index (κ1) is 18.7. The highest BCUT2D eigenvalue weighted by Crippen LogP contribution is 2.29. The number of thioether (sulfide) groups is 1. The van der Waals surface area contributed by atoms with Crippen molar-refractivity contribution in [1.29, 1.82) is 0 Å². The molecule has 0 aliphatic heterocycles. The highest BCUT2D eigenvalue weighted by atomic mass is 32.2. The molecule has 0 amide bonds. The van der Waals surface area contributed by atoms with Crippen molar-refractivity contribution < 1.29 is 14.4 Å². The Labute approximate surface area is 148 Å². The van der Waals surface area contributed by atoms with Gasteiger partial charge in [0.15, 0.2) is 11.6 Å². The minimum atomic E-state index is -0.0683. The Morgan fingerprint density at radius 3 is 2.42 bits per heavy atom. The summed E-state index contributed by atoms with van der Waals surface area (Å²) < 4.78 is 0. The first-order chi connectivity index (χ1) is 11.5. The summed E-state index contributed by atoms with van der Waals surface area (Å²) in [6, 6.07) is 8.42. The SMILES string of the molecule is CCONC(C)=C1C(=O)CC(CCSc2ccc(C)cc2)CC1=O. The van der Waals surface area contributed by atoms with Crippen LogP contribution in [0.4, 0.5) is 0 Å². The number of allylic oxidation sites excluding steroid dienone is 2. The summed E-state index contributed by atoms with van der Waals surface area (Å²) in [6.07, 6.45) is 1.77. The molecule has 0 heterocycles. The zero-order chi connectivity index (χ0) is 17.5. The molecule has 0 atom stereocenters. The number of nitrogens with one attached hydrogen (secondary N) is 1. The number of hydroxylamine groups is 1. The van der Waals surface area contributed by atoms with Crippen molar-refractivity contribution in [2.75, 3.05) is 12.4 Å². The van der Waals surface area contributed by atoms with E-state index in [0.29, 0.717) is 25.1 Å². The Kier molecular flexibility index (Phi) is 7.06. The summed E-state index contributed by atoms with van der Waals surface area (Å²) in [5, 5.41) is 0. The number of carbonyl (C=O) groups is 2. The molecular weight excluding hydrogens is 322 g/mol. The van der Waals surface area contributed by atoms with Crippen LogP contribution < -0.4 is 5.48 Å². The van der Waals surface area contributed by atoms with E-state index in [1.807, 2.05) is 6.92 Å². The second-order valence-corrected chi connectivity index (χ2v) is 7.27. The smallest absolute Gasteiger partial charge is 0.168 e. The van der Waals surface area contributed by atoms with E-state index < -0.39 is 0 Å². The fraction of sp³-hybridized carbons (Fsp3) is 0.474. The first-order valence-corrected chi connectivity index (χ1v) is 9.34. The normalized spacial score (nSPS) is 18.0. The average Bonchev–Trinajstić information content (AvgIpc) is 2.54. The predicted octanol–water partition coefficient (Wildman–Crippen LogP) is 3.84. The van der Waals surface area contributed by atoms with E-state index in [1.54, 1.807) is 18.7 Å². The molecule has 1 saturated carbocycles. The molecule has 0 bridgehead atoms. The van der Waals surface area contributed by atoms with Gasteiger partial charge >= 0.3 is 0 Å². The maximum atomic E-state index is 12.3. The van der Waals surface area contributed by atoms with Gasteiger partial charge in [-0.15, -0.1) is 11.8 Å². The predicted molar refractivity (Wildman–Crippen MR) is 96.7 cm³/mol. The zero-order valence-electron chi connectivity index (χ0n) is 14.6. The van der Waals surface area contributed by atoms with Crippen LogP contribution in [-0.4, -0.2) is 23.9 Å². The van der Waals surface area contributed by atoms with Crippen molar-refractivity contribution in [2.24, 2.45) is 5.92 Å². The van der Waals surface area contributed by atoms with Gasteiger partial charge in [-0.25, -0.2) is 0 Å². The van der Waals surface area contributed by atoms with Gasteiger partial charge in [0, 0.05) is 23.4 Å². The molecule has 24 heavy (non-hydrogen) atoms. The lowest BCUT2D eigenvalue weighted by Crippen LogP contribution is -2.30. The molecule has 1 aliphatic carbocycles. The standard InChI is InChI=1S/C19H25NO3S/c1-4-23-20-14(3)19-17(21)11-15(12-18(19)22)9-10-24-16-7-5-13(2)6-8-16/h5-8,15,20H,4,9-12H2,1-3H3. The fourth-order valence-electron chi connectivity index (χ4n) is 2.79. The van der Waals surface area contributed by atoms with Gasteiger partial charge in [0.25, 0.3) is 0 Å². The third-order valence-corrected chi connectivity index (χ3v) is 5.11. The summed E-state index contributed by atoms with van der Waals surface area (Å²) in [5.41, 5.74) is 4.74. The molecule has 1 N–H and O–H groups in total. The number of aryl methyl sites for hydroxylation is 1. The van der Waals surface area contributed by atoms with Crippen LogP contribution in [0.25, 0.3) is 0 Å². The van der Waals surface area contributed by atoms with Crippen LogP contribution in [0.5, 0.6) is 0 Å². The lowest BCUT2D eigenvalue weighted by atomic mass is 9.82. The molecule has 0 aromatic heterocycles. The van der Waals surface area contributed by atoms with Gasteiger partial charge in [-0.2, -0.15) is 0 Å². The largest absolute Gasteiger partial charge is 0.294 e. The van der Waals surface area contributed by atoms with Gasteiger partial charge in [-0.05, 0) is 51.0 Å². The monoisotopic (exact) mass is 347 g/mol. The summed E-state index contributed by atoms with van der Waals surface area (Å²) in [6.45, 7) is 6.11. The molecule has 130 valence electrons. The van der Waals surface area contributed by atoms with Gasteiger partial charge in [-0.3, -0.25) is 19.9 Å². The van der Waals surface area contributed by atoms with Gasteiger partial charge in [0.1, 0.15) is 0 Å². The number of hydrogen-bond acceptors (Lipinski definition) is 5. The summed E-state index contributed by atoms with van der Waals surface area (Å²) in [4.78, 5) is 30.9. The molecule has 1 aromatic carbocycles. The van der Waals surface area contributed by atoms with Gasteiger partial charge < -0.3 is 0 Å². The molecule has 4 nitrogen and oxygen atoms in total. The maximum Gasteiger partial charge on any atom is 0.168 e. The first-order valence-electron chi connectivity index (χ1n) is 8.35. The number of carbonyl (C=O) groups excluding carboxylic acids is 2. The molecule has 0 saturated heterocycles. The van der Waals surface area contributed by atoms with Crippen molar-refractivity contribution >= 4 is 23.3 Å². The zero-order valence-corrected chi connectivity index (χ0v) is 15.4. The van der Waals surface area contributed by atoms with E-state index in [9.17, 15) is 9.59 Å². The average molecular weight is 347 g/mol. The Morgan fingerprint density at radius 2 is 1.83 bits per heavy atom. The lowest BCUT2D eigenvalue weighted by Gasteiger charge is -2.23. The van der Waals surface area contributed by atoms with Crippen LogP contribution in [0, 0.1) is 12.8 Å². The van der Waals surface area contributed by atoms with E-state index in [-0.39, 0.29) is 23.1 Å². The Balaban J connectivity index is 1.86. The summed E-state index contributed by atoms with van der Waals surface area (Å²) in [5.74, 6) is 0.929. The van der Waals surface area contributed by atoms with Crippen molar-refractivity contribution in [3.8, 4) is 0 Å². The lowest BCUT2D eigenvalue weighted by molar-refractivity contribution is -0.125. The van der Waals surface area contributed by atoms with Crippen molar-refractivity contribution in [3.63, 3.8) is 0 Å². The molecule has 1 fully saturated rings. The topological polar surface area (TPSA) is 55.4 Å². The summed E-state index contributed by atoms with van der Waals surface area (Å²) in [7, 11) is 0. The summed E-state index contributed by atoms with van der Waals surface area (Å²) >= 11 is 1.78. The van der Waals surface area contributed by atoms with Crippen LogP contribution in [0.3, 0.4) is 0 Å². The molecule has 5 heteroatoms. The third kappa shape index (κ3) is 5.21. The number of rotatable bonds is 7. The van der Waals surface area contributed by atoms with Crippen LogP contribution in [0.2, 0.25) is 0 Å². The number of ketones is 2. The third-order valence-electron chi connectivity index (χ3n) is 4.07. The van der Waals surface area contributed by atoms with E-state index >= 15 is 0 Å². The number of benzene rings is 1. The molecule has 2 rings (SSSR count). The van der Waals surface area contributed by atoms with Crippen molar-refractivity contribution in [1.82, 2.24) is 5.48 Å². The van der Waals surface area contributed by atoms with Crippen LogP contribution in [0.1, 0.15) is 38.7 Å². The Hall–Kier alpha value is -1.59. The second kappa shape index (κ2) is 9.04. The molecule has 1 aromatic rings. The molecule has 0 unspecified atom stereocenters. The molecule has 0 radical (unpaired) electrons. The highest BCUT2D eigenvalue weighted by Gasteiger charge is 2.31. The van der Waals surface area contributed by atoms with Crippen molar-refractivity contribution in [3.05, 3.63) is 41.1 Å². The van der Waals surface area contributed by atoms with E-state index in [1.165, 1.54) is 10.5 Å². The fourth-order valence-corrected chi connectivity index (χ4v) is 3.80. The molecular formula is C19H25NO3S. The molecule has 0 spiro atoms. The molecule has 1 aliphatic rings. The van der Waals surface area contributed by atoms with E-state index in [4.69, 9.17) is 4.84 Å². The van der Waals surface area contributed by atoms with E-state index in [0.717, 1.165) is 12.2 Å². The minimum Gasteiger partial charge on any atom is -0.294 e. The Bertz CT molecular complexity index is 602. The Morgan fingerprint density at radius 1 is 1.21 bits per heavy atom. The number of hydrogen-bond donors (Lipinski definition) is 1. The van der Waals surface area contributed by atoms with Crippen LogP contribution in [0.15, 0.2) is 40.4 Å². The van der Waals surface area contributed by atoms with Gasteiger partial charge in [0.2, 0.25) is 0 Å². The quantitative estimate of drug-likeness (QED) is 0.351. The van der Waals surface area contributed by atoms with Crippen molar-refractivity contribution in [2.45, 2.75) is 44.9 Å². The number of Topliss-reactive ketones (excluding diaryl/α,β-unsaturated/α-hetero) is 2.